The minimum atomic E-state index is -0.0941. The van der Waals surface area contributed by atoms with Crippen molar-refractivity contribution in [2.24, 2.45) is 11.7 Å². The van der Waals surface area contributed by atoms with E-state index in [1.165, 1.54) is 0 Å². The standard InChI is InChI=1S/C10H22N2O3/c1-8(2)9(11)7-10(14)12-3-5-15-6-4-13/h8-9,13H,3-7,11H2,1-2H3,(H,12,14). The Hall–Kier alpha value is -0.650. The van der Waals surface area contributed by atoms with Gasteiger partial charge in [0.25, 0.3) is 0 Å². The first-order valence-corrected chi connectivity index (χ1v) is 5.28. The Morgan fingerprint density at radius 3 is 2.67 bits per heavy atom. The molecule has 4 N–H and O–H groups in total. The summed E-state index contributed by atoms with van der Waals surface area (Å²) in [6.07, 6.45) is 0.345. The van der Waals surface area contributed by atoms with Crippen molar-refractivity contribution in [3.63, 3.8) is 0 Å². The molecule has 5 heteroatoms. The Kier molecular flexibility index (Phi) is 8.27. The normalized spacial score (nSPS) is 12.9. The molecule has 90 valence electrons. The van der Waals surface area contributed by atoms with E-state index in [1.54, 1.807) is 0 Å². The minimum Gasteiger partial charge on any atom is -0.394 e. The first kappa shape index (κ1) is 14.3. The van der Waals surface area contributed by atoms with Crippen LogP contribution >= 0.6 is 0 Å². The molecule has 0 saturated carbocycles. The van der Waals surface area contributed by atoms with Gasteiger partial charge in [0.2, 0.25) is 5.91 Å². The molecular weight excluding hydrogens is 196 g/mol. The van der Waals surface area contributed by atoms with Gasteiger partial charge in [-0.25, -0.2) is 0 Å². The summed E-state index contributed by atoms with van der Waals surface area (Å²) in [5.41, 5.74) is 5.74. The van der Waals surface area contributed by atoms with Gasteiger partial charge in [0.05, 0.1) is 19.8 Å². The van der Waals surface area contributed by atoms with Gasteiger partial charge in [-0.15, -0.1) is 0 Å². The number of carbonyl (C=O) groups is 1. The van der Waals surface area contributed by atoms with Gasteiger partial charge in [-0.05, 0) is 5.92 Å². The van der Waals surface area contributed by atoms with E-state index >= 15 is 0 Å². The fourth-order valence-electron chi connectivity index (χ4n) is 0.951. The molecule has 1 atom stereocenters. The van der Waals surface area contributed by atoms with Crippen molar-refractivity contribution in [2.45, 2.75) is 26.3 Å². The zero-order valence-corrected chi connectivity index (χ0v) is 9.53. The van der Waals surface area contributed by atoms with Gasteiger partial charge in [-0.3, -0.25) is 4.79 Å². The highest BCUT2D eigenvalue weighted by Gasteiger charge is 2.11. The molecule has 0 saturated heterocycles. The summed E-state index contributed by atoms with van der Waals surface area (Å²) in [5, 5.41) is 11.1. The van der Waals surface area contributed by atoms with Crippen LogP contribution in [0, 0.1) is 5.92 Å². The van der Waals surface area contributed by atoms with Crippen LogP contribution in [0.2, 0.25) is 0 Å². The summed E-state index contributed by atoms with van der Waals surface area (Å²) in [7, 11) is 0. The Balaban J connectivity index is 3.41. The van der Waals surface area contributed by atoms with Gasteiger partial charge in [-0.1, -0.05) is 13.8 Å². The van der Waals surface area contributed by atoms with Crippen molar-refractivity contribution in [3.8, 4) is 0 Å². The number of nitrogens with one attached hydrogen (secondary N) is 1. The maximum atomic E-state index is 11.3. The van der Waals surface area contributed by atoms with Crippen molar-refractivity contribution < 1.29 is 14.6 Å². The number of rotatable bonds is 8. The molecule has 0 spiro atoms. The van der Waals surface area contributed by atoms with Gasteiger partial charge >= 0.3 is 0 Å². The summed E-state index contributed by atoms with van der Waals surface area (Å²) in [4.78, 5) is 11.3. The van der Waals surface area contributed by atoms with E-state index in [-0.39, 0.29) is 18.6 Å². The third-order valence-electron chi connectivity index (χ3n) is 2.08. The maximum absolute atomic E-state index is 11.3. The number of carbonyl (C=O) groups excluding carboxylic acids is 1. The largest absolute Gasteiger partial charge is 0.394 e. The lowest BCUT2D eigenvalue weighted by atomic mass is 10.0. The van der Waals surface area contributed by atoms with Crippen LogP contribution in [0.1, 0.15) is 20.3 Å². The molecule has 0 heterocycles. The number of amides is 1. The molecule has 0 aromatic heterocycles. The summed E-state index contributed by atoms with van der Waals surface area (Å²) < 4.78 is 4.99. The van der Waals surface area contributed by atoms with E-state index in [4.69, 9.17) is 15.6 Å². The molecule has 0 bridgehead atoms. The molecular formula is C10H22N2O3. The molecule has 0 rings (SSSR count). The zero-order valence-electron chi connectivity index (χ0n) is 9.53. The number of hydrogen-bond donors (Lipinski definition) is 3. The molecule has 0 aliphatic heterocycles. The third kappa shape index (κ3) is 8.35. The lowest BCUT2D eigenvalue weighted by Gasteiger charge is -2.14. The number of ether oxygens (including phenoxy) is 1. The van der Waals surface area contributed by atoms with Crippen molar-refractivity contribution >= 4 is 5.91 Å². The molecule has 0 aliphatic rings. The molecule has 0 fully saturated rings. The van der Waals surface area contributed by atoms with Crippen molar-refractivity contribution in [1.82, 2.24) is 5.32 Å². The van der Waals surface area contributed by atoms with E-state index in [0.717, 1.165) is 0 Å². The van der Waals surface area contributed by atoms with Crippen LogP contribution in [0.4, 0.5) is 0 Å². The van der Waals surface area contributed by atoms with Crippen LogP contribution in [-0.2, 0) is 9.53 Å². The average Bonchev–Trinajstić information content (AvgIpc) is 2.17. The molecule has 0 aromatic carbocycles. The van der Waals surface area contributed by atoms with Crippen LogP contribution in [-0.4, -0.2) is 43.4 Å². The molecule has 0 aromatic rings. The van der Waals surface area contributed by atoms with E-state index in [1.807, 2.05) is 13.8 Å². The first-order chi connectivity index (χ1) is 7.07. The fourth-order valence-corrected chi connectivity index (χ4v) is 0.951. The van der Waals surface area contributed by atoms with E-state index in [0.29, 0.717) is 32.1 Å². The number of aliphatic hydroxyl groups excluding tert-OH is 1. The maximum Gasteiger partial charge on any atom is 0.221 e. The summed E-state index contributed by atoms with van der Waals surface area (Å²) in [6.45, 7) is 5.17. The second-order valence-electron chi connectivity index (χ2n) is 3.80. The first-order valence-electron chi connectivity index (χ1n) is 5.28. The van der Waals surface area contributed by atoms with Crippen molar-refractivity contribution in [1.29, 1.82) is 0 Å². The van der Waals surface area contributed by atoms with Crippen LogP contribution in [0.25, 0.3) is 0 Å². The quantitative estimate of drug-likeness (QED) is 0.479. The highest BCUT2D eigenvalue weighted by molar-refractivity contribution is 5.76. The monoisotopic (exact) mass is 218 g/mol. The smallest absolute Gasteiger partial charge is 0.221 e. The van der Waals surface area contributed by atoms with Crippen LogP contribution in [0.15, 0.2) is 0 Å². The van der Waals surface area contributed by atoms with Gasteiger partial charge < -0.3 is 20.9 Å². The van der Waals surface area contributed by atoms with Crippen LogP contribution in [0.5, 0.6) is 0 Å². The van der Waals surface area contributed by atoms with E-state index in [2.05, 4.69) is 5.32 Å². The average molecular weight is 218 g/mol. The molecule has 5 nitrogen and oxygen atoms in total. The summed E-state index contributed by atoms with van der Waals surface area (Å²) in [5.74, 6) is 0.255. The highest BCUT2D eigenvalue weighted by atomic mass is 16.5. The lowest BCUT2D eigenvalue weighted by Crippen LogP contribution is -2.36. The van der Waals surface area contributed by atoms with Gasteiger partial charge in [-0.2, -0.15) is 0 Å². The Labute approximate surface area is 91.0 Å². The van der Waals surface area contributed by atoms with Crippen LogP contribution < -0.4 is 11.1 Å². The lowest BCUT2D eigenvalue weighted by molar-refractivity contribution is -0.121. The molecule has 1 amide bonds. The number of aliphatic hydroxyl groups is 1. The van der Waals surface area contributed by atoms with Gasteiger partial charge in [0, 0.05) is 19.0 Å². The highest BCUT2D eigenvalue weighted by Crippen LogP contribution is 2.01. The second kappa shape index (κ2) is 8.64. The van der Waals surface area contributed by atoms with Crippen molar-refractivity contribution in [3.05, 3.63) is 0 Å². The molecule has 0 aliphatic carbocycles. The van der Waals surface area contributed by atoms with Gasteiger partial charge in [0.1, 0.15) is 0 Å². The zero-order chi connectivity index (χ0) is 11.7. The van der Waals surface area contributed by atoms with E-state index in [9.17, 15) is 4.79 Å². The second-order valence-corrected chi connectivity index (χ2v) is 3.80. The van der Waals surface area contributed by atoms with E-state index < -0.39 is 0 Å². The van der Waals surface area contributed by atoms with Gasteiger partial charge in [0.15, 0.2) is 0 Å². The van der Waals surface area contributed by atoms with Crippen molar-refractivity contribution in [2.75, 3.05) is 26.4 Å². The third-order valence-corrected chi connectivity index (χ3v) is 2.08. The molecule has 0 radical (unpaired) electrons. The Morgan fingerprint density at radius 1 is 1.47 bits per heavy atom. The number of hydrogen-bond acceptors (Lipinski definition) is 4. The summed E-state index contributed by atoms with van der Waals surface area (Å²) in [6, 6.07) is -0.0941. The van der Waals surface area contributed by atoms with Crippen LogP contribution in [0.3, 0.4) is 0 Å². The predicted molar refractivity (Wildman–Crippen MR) is 58.3 cm³/mol. The molecule has 15 heavy (non-hydrogen) atoms. The fraction of sp³-hybridized carbons (Fsp3) is 0.900. The Bertz CT molecular complexity index is 174. The SMILES string of the molecule is CC(C)C(N)CC(=O)NCCOCCO. The predicted octanol–water partition coefficient (Wildman–Crippen LogP) is -0.515. The topological polar surface area (TPSA) is 84.6 Å². The Morgan fingerprint density at radius 2 is 2.13 bits per heavy atom. The summed E-state index contributed by atoms with van der Waals surface area (Å²) >= 11 is 0. The molecule has 1 unspecified atom stereocenters. The number of nitrogens with two attached hydrogens (primary N) is 1. The minimum absolute atomic E-state index is 0.00612.